The van der Waals surface area contributed by atoms with E-state index in [-0.39, 0.29) is 17.9 Å². The second-order valence-electron chi connectivity index (χ2n) is 8.89. The van der Waals surface area contributed by atoms with Gasteiger partial charge in [-0.1, -0.05) is 18.2 Å². The van der Waals surface area contributed by atoms with Crippen molar-refractivity contribution in [2.75, 3.05) is 32.2 Å². The van der Waals surface area contributed by atoms with E-state index < -0.39 is 28.6 Å². The zero-order valence-corrected chi connectivity index (χ0v) is 17.7. The van der Waals surface area contributed by atoms with Crippen LogP contribution in [0.3, 0.4) is 0 Å². The predicted molar refractivity (Wildman–Crippen MR) is 110 cm³/mol. The number of hydrogen-bond acceptors (Lipinski definition) is 6. The number of nitrogens with zero attached hydrogens (tertiary/aromatic N) is 2. The largest absolute Gasteiger partial charge is 0.466 e. The molecular weight excluding hydrogens is 400 g/mol. The highest BCUT2D eigenvalue weighted by Crippen LogP contribution is 2.63. The van der Waals surface area contributed by atoms with Crippen molar-refractivity contribution in [1.29, 1.82) is 0 Å². The van der Waals surface area contributed by atoms with E-state index in [1.807, 2.05) is 12.1 Å². The summed E-state index contributed by atoms with van der Waals surface area (Å²) < 4.78 is 10.3. The van der Waals surface area contributed by atoms with Gasteiger partial charge in [0.25, 0.3) is 0 Å². The van der Waals surface area contributed by atoms with Crippen molar-refractivity contribution in [3.63, 3.8) is 0 Å². The zero-order valence-electron chi connectivity index (χ0n) is 17.7. The van der Waals surface area contributed by atoms with Crippen molar-refractivity contribution in [3.05, 3.63) is 41.5 Å². The van der Waals surface area contributed by atoms with Crippen LogP contribution in [0.15, 0.2) is 35.9 Å². The molecule has 0 saturated carbocycles. The number of esters is 1. The first-order valence-corrected chi connectivity index (χ1v) is 10.7. The molecule has 31 heavy (non-hydrogen) atoms. The minimum Gasteiger partial charge on any atom is -0.466 e. The maximum atomic E-state index is 14.1. The summed E-state index contributed by atoms with van der Waals surface area (Å²) in [6.07, 6.45) is 2.98. The number of carbonyl (C=O) groups excluding carboxylic acids is 3. The topological polar surface area (TPSA) is 96.4 Å². The highest BCUT2D eigenvalue weighted by atomic mass is 16.5. The summed E-state index contributed by atoms with van der Waals surface area (Å²) in [5, 5.41) is 11.3. The van der Waals surface area contributed by atoms with Crippen LogP contribution in [-0.4, -0.2) is 66.4 Å². The number of rotatable bonds is 1. The molecule has 1 aromatic rings. The molecule has 3 unspecified atom stereocenters. The molecule has 6 rings (SSSR count). The van der Waals surface area contributed by atoms with Gasteiger partial charge in [-0.15, -0.1) is 0 Å². The number of aliphatic hydroxyl groups is 1. The van der Waals surface area contributed by atoms with Crippen molar-refractivity contribution < 1.29 is 29.0 Å². The molecule has 2 saturated heterocycles. The smallest absolute Gasteiger partial charge is 0.414 e. The summed E-state index contributed by atoms with van der Waals surface area (Å²) in [6, 6.07) is 7.30. The van der Waals surface area contributed by atoms with Crippen LogP contribution in [-0.2, 0) is 24.5 Å². The van der Waals surface area contributed by atoms with Crippen molar-refractivity contribution >= 4 is 23.7 Å². The van der Waals surface area contributed by atoms with E-state index >= 15 is 0 Å². The Kier molecular flexibility index (Phi) is 4.25. The molecule has 2 fully saturated rings. The van der Waals surface area contributed by atoms with Crippen LogP contribution in [0.4, 0.5) is 10.5 Å². The fraction of sp³-hybridized carbons (Fsp3) is 0.522. The summed E-state index contributed by atoms with van der Waals surface area (Å²) in [5.41, 5.74) is -2.24. The number of methoxy groups -OCH3 is 2. The van der Waals surface area contributed by atoms with Crippen LogP contribution in [0.25, 0.3) is 0 Å². The van der Waals surface area contributed by atoms with Gasteiger partial charge in [-0.2, -0.15) is 0 Å². The maximum Gasteiger partial charge on any atom is 0.414 e. The fourth-order valence-electron chi connectivity index (χ4n) is 6.40. The van der Waals surface area contributed by atoms with Crippen molar-refractivity contribution in [3.8, 4) is 0 Å². The number of hydrogen-bond donors (Lipinski definition) is 1. The lowest BCUT2D eigenvalue weighted by Crippen LogP contribution is -2.67. The number of benzene rings is 1. The van der Waals surface area contributed by atoms with Gasteiger partial charge < -0.3 is 19.5 Å². The average molecular weight is 426 g/mol. The van der Waals surface area contributed by atoms with Crippen molar-refractivity contribution in [2.24, 2.45) is 0 Å². The number of carbonyl (C=O) groups is 3. The quantitative estimate of drug-likeness (QED) is 0.689. The van der Waals surface area contributed by atoms with Gasteiger partial charge in [0.2, 0.25) is 5.91 Å². The fourth-order valence-corrected chi connectivity index (χ4v) is 6.40. The van der Waals surface area contributed by atoms with Gasteiger partial charge >= 0.3 is 12.1 Å². The van der Waals surface area contributed by atoms with Gasteiger partial charge in [0, 0.05) is 13.1 Å². The van der Waals surface area contributed by atoms with E-state index in [0.29, 0.717) is 50.0 Å². The monoisotopic (exact) mass is 426 g/mol. The number of anilines is 1. The number of amides is 2. The Morgan fingerprint density at radius 1 is 1.03 bits per heavy atom. The van der Waals surface area contributed by atoms with Gasteiger partial charge in [0.05, 0.1) is 31.1 Å². The van der Waals surface area contributed by atoms with Crippen LogP contribution in [0, 0.1) is 0 Å². The third-order valence-corrected chi connectivity index (χ3v) is 7.68. The Hall–Kier alpha value is -2.87. The minimum absolute atomic E-state index is 0.0894. The SMILES string of the molecule is COC(=O)C1=CC2(O)CCCN3CCC4(C3=O)c3ccccc3N(C(=O)OC)C14CC2. The molecule has 4 bridgehead atoms. The summed E-state index contributed by atoms with van der Waals surface area (Å²) in [4.78, 5) is 43.7. The Bertz CT molecular complexity index is 1020. The van der Waals surface area contributed by atoms with Crippen LogP contribution in [0.2, 0.25) is 0 Å². The lowest BCUT2D eigenvalue weighted by atomic mass is 9.57. The molecule has 0 radical (unpaired) electrons. The summed E-state index contributed by atoms with van der Waals surface area (Å²) in [5.74, 6) is -0.737. The lowest BCUT2D eigenvalue weighted by molar-refractivity contribution is -0.139. The molecule has 1 aliphatic carbocycles. The third-order valence-electron chi connectivity index (χ3n) is 7.68. The highest BCUT2D eigenvalue weighted by Gasteiger charge is 2.73. The first kappa shape index (κ1) is 20.1. The van der Waals surface area contributed by atoms with Gasteiger partial charge in [-0.3, -0.25) is 9.69 Å². The molecule has 164 valence electrons. The Labute approximate surface area is 180 Å². The molecule has 4 heterocycles. The second-order valence-corrected chi connectivity index (χ2v) is 8.89. The van der Waals surface area contributed by atoms with E-state index in [1.165, 1.54) is 19.1 Å². The molecule has 2 amide bonds. The highest BCUT2D eigenvalue weighted by molar-refractivity contribution is 6.09. The summed E-state index contributed by atoms with van der Waals surface area (Å²) >= 11 is 0. The first-order chi connectivity index (χ1) is 14.8. The molecule has 8 heteroatoms. The minimum atomic E-state index is -1.33. The van der Waals surface area contributed by atoms with Crippen LogP contribution in [0.5, 0.6) is 0 Å². The molecule has 2 spiro atoms. The van der Waals surface area contributed by atoms with E-state index in [2.05, 4.69) is 0 Å². The van der Waals surface area contributed by atoms with E-state index in [4.69, 9.17) is 9.47 Å². The van der Waals surface area contributed by atoms with E-state index in [9.17, 15) is 19.5 Å². The van der Waals surface area contributed by atoms with Gasteiger partial charge in [-0.05, 0) is 49.8 Å². The molecule has 5 aliphatic rings. The molecule has 3 atom stereocenters. The molecule has 1 N–H and O–H groups in total. The molecular formula is C23H26N2O6. The Balaban J connectivity index is 1.91. The maximum absolute atomic E-state index is 14.1. The second kappa shape index (κ2) is 6.56. The molecule has 8 nitrogen and oxygen atoms in total. The zero-order chi connectivity index (χ0) is 22.0. The Morgan fingerprint density at radius 3 is 2.55 bits per heavy atom. The average Bonchev–Trinajstić information content (AvgIpc) is 3.22. The van der Waals surface area contributed by atoms with Gasteiger partial charge in [-0.25, -0.2) is 9.59 Å². The standard InChI is InChI=1S/C23H26N2O6/c1-30-18(26)16-14-21(29)8-5-12-24-13-11-22(19(24)27)15-6-3-4-7-17(15)25(20(28)31-2)23(16,22)10-9-21/h3-4,6-7,14,29H,5,8-13H2,1-2H3. The van der Waals surface area contributed by atoms with Crippen LogP contribution < -0.4 is 4.90 Å². The van der Waals surface area contributed by atoms with Gasteiger partial charge in [0.15, 0.2) is 0 Å². The van der Waals surface area contributed by atoms with Gasteiger partial charge in [0.1, 0.15) is 11.0 Å². The normalized spacial score (nSPS) is 33.5. The summed E-state index contributed by atoms with van der Waals surface area (Å²) in [7, 11) is 2.56. The number of para-hydroxylation sites is 1. The van der Waals surface area contributed by atoms with Crippen LogP contribution >= 0.6 is 0 Å². The third kappa shape index (κ3) is 2.31. The van der Waals surface area contributed by atoms with E-state index in [0.717, 1.165) is 0 Å². The van der Waals surface area contributed by atoms with Crippen LogP contribution in [0.1, 0.15) is 37.7 Å². The summed E-state index contributed by atoms with van der Waals surface area (Å²) in [6.45, 7) is 1.05. The number of ether oxygens (including phenoxy) is 2. The molecule has 1 aromatic carbocycles. The molecule has 0 aromatic heterocycles. The Morgan fingerprint density at radius 2 is 1.81 bits per heavy atom. The number of fused-ring (bicyclic) bond motifs is 4. The predicted octanol–water partition coefficient (Wildman–Crippen LogP) is 1.90. The lowest BCUT2D eigenvalue weighted by Gasteiger charge is -2.51. The van der Waals surface area contributed by atoms with Crippen molar-refractivity contribution in [1.82, 2.24) is 4.90 Å². The first-order valence-electron chi connectivity index (χ1n) is 10.7. The van der Waals surface area contributed by atoms with Crippen molar-refractivity contribution in [2.45, 2.75) is 48.7 Å². The molecule has 4 aliphatic heterocycles. The van der Waals surface area contributed by atoms with E-state index in [1.54, 1.807) is 23.1 Å².